The summed E-state index contributed by atoms with van der Waals surface area (Å²) in [4.78, 5) is 34.6. The number of hydrogen-bond donors (Lipinski definition) is 1. The van der Waals surface area contributed by atoms with Crippen molar-refractivity contribution in [1.82, 2.24) is 19.6 Å². The van der Waals surface area contributed by atoms with Crippen molar-refractivity contribution >= 4 is 17.5 Å². The van der Waals surface area contributed by atoms with Gasteiger partial charge in [0.1, 0.15) is 0 Å². The second kappa shape index (κ2) is 12.5. The van der Waals surface area contributed by atoms with Crippen molar-refractivity contribution in [2.45, 2.75) is 52.1 Å². The highest BCUT2D eigenvalue weighted by molar-refractivity contribution is 6.39. The van der Waals surface area contributed by atoms with Crippen LogP contribution in [0.5, 0.6) is 0 Å². The smallest absolute Gasteiger partial charge is 0.313 e. The van der Waals surface area contributed by atoms with Gasteiger partial charge in [-0.15, -0.1) is 0 Å². The minimum Gasteiger partial charge on any atom is -0.332 e. The lowest BCUT2D eigenvalue weighted by atomic mass is 10.00. The lowest BCUT2D eigenvalue weighted by Crippen LogP contribution is -2.48. The Morgan fingerprint density at radius 1 is 1.06 bits per heavy atom. The second-order valence-corrected chi connectivity index (χ2v) is 10.1. The van der Waals surface area contributed by atoms with Crippen LogP contribution < -0.4 is 5.32 Å². The van der Waals surface area contributed by atoms with Gasteiger partial charge in [-0.05, 0) is 83.0 Å². The van der Waals surface area contributed by atoms with Crippen molar-refractivity contribution in [3.63, 3.8) is 0 Å². The molecule has 2 saturated heterocycles. The average molecular weight is 458 g/mol. The van der Waals surface area contributed by atoms with Gasteiger partial charge in [0.25, 0.3) is 0 Å². The van der Waals surface area contributed by atoms with E-state index in [1.165, 1.54) is 18.4 Å². The van der Waals surface area contributed by atoms with Crippen LogP contribution >= 0.6 is 0 Å². The van der Waals surface area contributed by atoms with Gasteiger partial charge in [0.05, 0.1) is 0 Å². The molecule has 0 aliphatic carbocycles. The van der Waals surface area contributed by atoms with Crippen molar-refractivity contribution in [1.29, 1.82) is 0 Å². The number of carbonyl (C=O) groups excluding carboxylic acids is 2. The molecule has 2 aliphatic heterocycles. The minimum absolute atomic E-state index is 0.339. The van der Waals surface area contributed by atoms with Crippen molar-refractivity contribution in [2.75, 3.05) is 65.2 Å². The third-order valence-electron chi connectivity index (χ3n) is 6.99. The van der Waals surface area contributed by atoms with Crippen molar-refractivity contribution < 1.29 is 9.59 Å². The molecule has 1 aromatic rings. The topological polar surface area (TPSA) is 59.1 Å². The molecule has 0 spiro atoms. The summed E-state index contributed by atoms with van der Waals surface area (Å²) in [6.07, 6.45) is 4.82. The number of carbonyl (C=O) groups is 2. The van der Waals surface area contributed by atoms with Gasteiger partial charge >= 0.3 is 11.8 Å². The van der Waals surface area contributed by atoms with Crippen molar-refractivity contribution in [3.05, 3.63) is 29.8 Å². The molecule has 2 amide bonds. The van der Waals surface area contributed by atoms with Gasteiger partial charge < -0.3 is 15.1 Å². The highest BCUT2D eigenvalue weighted by atomic mass is 16.2. The zero-order chi connectivity index (χ0) is 23.8. The Labute approximate surface area is 200 Å². The predicted molar refractivity (Wildman–Crippen MR) is 134 cm³/mol. The molecule has 0 bridgehead atoms. The first kappa shape index (κ1) is 25.7. The fourth-order valence-corrected chi connectivity index (χ4v) is 5.08. The first-order valence-electron chi connectivity index (χ1n) is 12.7. The van der Waals surface area contributed by atoms with E-state index < -0.39 is 11.8 Å². The van der Waals surface area contributed by atoms with E-state index in [1.807, 2.05) is 31.1 Å². The Hall–Kier alpha value is -1.96. The standard InChI is InChI=1S/C26H43N5O2/c1-5-30-15-7-9-24(30)20-31(17-16-28(3)4)26(33)25(32)27-23-12-10-22(11-13-23)19-29-14-6-8-21(2)18-29/h10-13,21,24H,5-9,14-20H2,1-4H3,(H,27,32). The molecule has 7 nitrogen and oxygen atoms in total. The fourth-order valence-electron chi connectivity index (χ4n) is 5.08. The zero-order valence-corrected chi connectivity index (χ0v) is 21.1. The molecule has 1 aromatic carbocycles. The maximum atomic E-state index is 13.1. The van der Waals surface area contributed by atoms with E-state index in [1.54, 1.807) is 4.90 Å². The molecule has 7 heteroatoms. The number of nitrogens with one attached hydrogen (secondary N) is 1. The van der Waals surface area contributed by atoms with Gasteiger partial charge in [-0.1, -0.05) is 26.0 Å². The summed E-state index contributed by atoms with van der Waals surface area (Å²) in [5.41, 5.74) is 1.91. The van der Waals surface area contributed by atoms with Gasteiger partial charge in [-0.3, -0.25) is 19.4 Å². The monoisotopic (exact) mass is 457 g/mol. The van der Waals surface area contributed by atoms with Gasteiger partial charge in [0.2, 0.25) is 0 Å². The third-order valence-corrected chi connectivity index (χ3v) is 6.99. The molecule has 2 heterocycles. The number of hydrogen-bond acceptors (Lipinski definition) is 5. The maximum absolute atomic E-state index is 13.1. The Bertz CT molecular complexity index is 766. The number of rotatable bonds is 9. The fraction of sp³-hybridized carbons (Fsp3) is 0.692. The average Bonchev–Trinajstić information content (AvgIpc) is 3.24. The number of likely N-dealkylation sites (N-methyl/N-ethyl adjacent to an activating group) is 2. The maximum Gasteiger partial charge on any atom is 0.313 e. The number of likely N-dealkylation sites (tertiary alicyclic amines) is 2. The number of piperidine rings is 1. The van der Waals surface area contributed by atoms with Crippen LogP contribution in [-0.2, 0) is 16.1 Å². The molecule has 2 aliphatic rings. The van der Waals surface area contributed by atoms with Crippen LogP contribution in [0, 0.1) is 5.92 Å². The van der Waals surface area contributed by atoms with Crippen LogP contribution in [0.1, 0.15) is 45.1 Å². The highest BCUT2D eigenvalue weighted by Gasteiger charge is 2.29. The van der Waals surface area contributed by atoms with Crippen LogP contribution in [-0.4, -0.2) is 97.4 Å². The van der Waals surface area contributed by atoms with E-state index in [0.717, 1.165) is 58.0 Å². The summed E-state index contributed by atoms with van der Waals surface area (Å²) in [6.45, 7) is 11.7. The highest BCUT2D eigenvalue weighted by Crippen LogP contribution is 2.20. The predicted octanol–water partition coefficient (Wildman–Crippen LogP) is 2.73. The summed E-state index contributed by atoms with van der Waals surface area (Å²) in [7, 11) is 3.98. The van der Waals surface area contributed by atoms with Gasteiger partial charge in [0.15, 0.2) is 0 Å². The number of benzene rings is 1. The molecule has 2 atom stereocenters. The third kappa shape index (κ3) is 7.80. The SMILES string of the molecule is CCN1CCCC1CN(CCN(C)C)C(=O)C(=O)Nc1ccc(CN2CCCC(C)C2)cc1. The van der Waals surface area contributed by atoms with Crippen LogP contribution in [0.15, 0.2) is 24.3 Å². The van der Waals surface area contributed by atoms with Gasteiger partial charge in [0, 0.05) is 44.5 Å². The molecule has 3 rings (SSSR count). The van der Waals surface area contributed by atoms with E-state index >= 15 is 0 Å². The summed E-state index contributed by atoms with van der Waals surface area (Å²) < 4.78 is 0. The van der Waals surface area contributed by atoms with E-state index in [0.29, 0.717) is 24.8 Å². The van der Waals surface area contributed by atoms with Crippen molar-refractivity contribution in [2.24, 2.45) is 5.92 Å². The molecular weight excluding hydrogens is 414 g/mol. The first-order chi connectivity index (χ1) is 15.9. The molecule has 0 radical (unpaired) electrons. The number of anilines is 1. The van der Waals surface area contributed by atoms with E-state index in [-0.39, 0.29) is 0 Å². The molecule has 0 saturated carbocycles. The van der Waals surface area contributed by atoms with Gasteiger partial charge in [-0.25, -0.2) is 0 Å². The molecule has 2 unspecified atom stereocenters. The normalized spacial score (nSPS) is 22.0. The first-order valence-corrected chi connectivity index (χ1v) is 12.7. The zero-order valence-electron chi connectivity index (χ0n) is 21.1. The summed E-state index contributed by atoms with van der Waals surface area (Å²) >= 11 is 0. The Morgan fingerprint density at radius 3 is 2.45 bits per heavy atom. The summed E-state index contributed by atoms with van der Waals surface area (Å²) in [5, 5.41) is 2.83. The second-order valence-electron chi connectivity index (χ2n) is 10.1. The van der Waals surface area contributed by atoms with Crippen LogP contribution in [0.25, 0.3) is 0 Å². The Morgan fingerprint density at radius 2 is 1.79 bits per heavy atom. The van der Waals surface area contributed by atoms with Crippen LogP contribution in [0.2, 0.25) is 0 Å². The van der Waals surface area contributed by atoms with Crippen molar-refractivity contribution in [3.8, 4) is 0 Å². The molecule has 0 aromatic heterocycles. The summed E-state index contributed by atoms with van der Waals surface area (Å²) in [6, 6.07) is 8.27. The van der Waals surface area contributed by atoms with E-state index in [9.17, 15) is 9.59 Å². The lowest BCUT2D eigenvalue weighted by molar-refractivity contribution is -0.143. The Kier molecular flexibility index (Phi) is 9.71. The molecule has 184 valence electrons. The van der Waals surface area contributed by atoms with Crippen LogP contribution in [0.3, 0.4) is 0 Å². The van der Waals surface area contributed by atoms with E-state index in [2.05, 4.69) is 41.1 Å². The van der Waals surface area contributed by atoms with Crippen LogP contribution in [0.4, 0.5) is 5.69 Å². The molecular formula is C26H43N5O2. The molecule has 2 fully saturated rings. The molecule has 33 heavy (non-hydrogen) atoms. The minimum atomic E-state index is -0.549. The quantitative estimate of drug-likeness (QED) is 0.578. The Balaban J connectivity index is 1.57. The van der Waals surface area contributed by atoms with E-state index in [4.69, 9.17) is 0 Å². The van der Waals surface area contributed by atoms with Gasteiger partial charge in [-0.2, -0.15) is 0 Å². The largest absolute Gasteiger partial charge is 0.332 e. The number of nitrogens with zero attached hydrogens (tertiary/aromatic N) is 4. The number of amides is 2. The lowest BCUT2D eigenvalue weighted by Gasteiger charge is -2.31. The summed E-state index contributed by atoms with van der Waals surface area (Å²) in [5.74, 6) is -0.231. The molecule has 1 N–H and O–H groups in total.